The molecule has 0 saturated heterocycles. The van der Waals surface area contributed by atoms with Crippen LogP contribution in [0.25, 0.3) is 11.3 Å². The molecule has 1 aromatic heterocycles. The Morgan fingerprint density at radius 3 is 2.58 bits per heavy atom. The molecule has 0 atom stereocenters. The third-order valence-corrected chi connectivity index (χ3v) is 7.60. The Bertz CT molecular complexity index is 1180. The fourth-order valence-electron chi connectivity index (χ4n) is 3.16. The molecule has 2 aromatic carbocycles. The molecule has 3 rings (SSSR count). The standard InChI is InChI=1S/C22H25N3O4S2/c1-5-25(6-2)31(27,28)17-9-7-8-16(13-17)21(26)24-22-23-19(14-30-22)18-12-15(3)10-11-20(18)29-4/h7-14H,5-6H2,1-4H3,(H,23,24,26). The molecule has 1 N–H and O–H groups in total. The average molecular weight is 460 g/mol. The summed E-state index contributed by atoms with van der Waals surface area (Å²) in [7, 11) is -2.05. The van der Waals surface area contributed by atoms with Crippen LogP contribution >= 0.6 is 11.3 Å². The van der Waals surface area contributed by atoms with Crippen molar-refractivity contribution >= 4 is 32.4 Å². The zero-order chi connectivity index (χ0) is 22.6. The van der Waals surface area contributed by atoms with Crippen LogP contribution in [0.15, 0.2) is 52.7 Å². The Balaban J connectivity index is 1.83. The molecule has 0 aliphatic carbocycles. The zero-order valence-electron chi connectivity index (χ0n) is 17.9. The molecule has 0 unspecified atom stereocenters. The maximum Gasteiger partial charge on any atom is 0.257 e. The van der Waals surface area contributed by atoms with E-state index in [1.807, 2.05) is 30.5 Å². The topological polar surface area (TPSA) is 88.6 Å². The maximum atomic E-state index is 12.7. The highest BCUT2D eigenvalue weighted by Crippen LogP contribution is 2.33. The fraction of sp³-hybridized carbons (Fsp3) is 0.273. The first-order chi connectivity index (χ1) is 14.8. The summed E-state index contributed by atoms with van der Waals surface area (Å²) in [6.45, 7) is 6.26. The van der Waals surface area contributed by atoms with E-state index < -0.39 is 15.9 Å². The van der Waals surface area contributed by atoms with Crippen LogP contribution in [-0.2, 0) is 10.0 Å². The number of carbonyl (C=O) groups excluding carboxylic acids is 1. The van der Waals surface area contributed by atoms with Crippen molar-refractivity contribution in [3.63, 3.8) is 0 Å². The van der Waals surface area contributed by atoms with Gasteiger partial charge in [-0.25, -0.2) is 13.4 Å². The van der Waals surface area contributed by atoms with Crippen molar-refractivity contribution in [1.29, 1.82) is 0 Å². The van der Waals surface area contributed by atoms with Crippen LogP contribution in [0, 0.1) is 6.92 Å². The van der Waals surface area contributed by atoms with E-state index in [1.54, 1.807) is 33.1 Å². The van der Waals surface area contributed by atoms with Crippen LogP contribution in [0.3, 0.4) is 0 Å². The quantitative estimate of drug-likeness (QED) is 0.539. The first-order valence-electron chi connectivity index (χ1n) is 9.82. The number of sulfonamides is 1. The third kappa shape index (κ3) is 4.95. The second kappa shape index (κ2) is 9.59. The van der Waals surface area contributed by atoms with E-state index in [9.17, 15) is 13.2 Å². The van der Waals surface area contributed by atoms with Crippen molar-refractivity contribution in [2.24, 2.45) is 0 Å². The Kier molecular flexibility index (Phi) is 7.09. The van der Waals surface area contributed by atoms with Gasteiger partial charge in [0.1, 0.15) is 5.75 Å². The predicted molar refractivity (Wildman–Crippen MR) is 123 cm³/mol. The summed E-state index contributed by atoms with van der Waals surface area (Å²) < 4.78 is 32.3. The van der Waals surface area contributed by atoms with Gasteiger partial charge in [0.05, 0.1) is 17.7 Å². The zero-order valence-corrected chi connectivity index (χ0v) is 19.5. The van der Waals surface area contributed by atoms with Gasteiger partial charge < -0.3 is 4.74 Å². The summed E-state index contributed by atoms with van der Waals surface area (Å²) in [6.07, 6.45) is 0. The van der Waals surface area contributed by atoms with Gasteiger partial charge in [-0.15, -0.1) is 11.3 Å². The van der Waals surface area contributed by atoms with Gasteiger partial charge in [-0.2, -0.15) is 4.31 Å². The number of methoxy groups -OCH3 is 1. The molecular weight excluding hydrogens is 434 g/mol. The summed E-state index contributed by atoms with van der Waals surface area (Å²) >= 11 is 1.29. The van der Waals surface area contributed by atoms with Gasteiger partial charge in [0.2, 0.25) is 10.0 Å². The number of aromatic nitrogens is 1. The second-order valence-electron chi connectivity index (χ2n) is 6.81. The lowest BCUT2D eigenvalue weighted by molar-refractivity contribution is 0.102. The third-order valence-electron chi connectivity index (χ3n) is 4.79. The number of benzene rings is 2. The molecule has 0 aliphatic rings. The van der Waals surface area contributed by atoms with Crippen molar-refractivity contribution < 1.29 is 17.9 Å². The minimum absolute atomic E-state index is 0.0909. The van der Waals surface area contributed by atoms with Gasteiger partial charge in [0.15, 0.2) is 5.13 Å². The summed E-state index contributed by atoms with van der Waals surface area (Å²) in [6, 6.07) is 11.8. The summed E-state index contributed by atoms with van der Waals surface area (Å²) in [5.74, 6) is 0.275. The monoisotopic (exact) mass is 459 g/mol. The minimum atomic E-state index is -3.65. The molecule has 164 valence electrons. The number of hydrogen-bond acceptors (Lipinski definition) is 6. The lowest BCUT2D eigenvalue weighted by atomic mass is 10.1. The van der Waals surface area contributed by atoms with Crippen molar-refractivity contribution in [3.05, 3.63) is 59.0 Å². The largest absolute Gasteiger partial charge is 0.496 e. The predicted octanol–water partition coefficient (Wildman–Crippen LogP) is 4.41. The Morgan fingerprint density at radius 1 is 1.16 bits per heavy atom. The molecule has 1 amide bonds. The number of aryl methyl sites for hydroxylation is 1. The smallest absolute Gasteiger partial charge is 0.257 e. The number of thiazole rings is 1. The van der Waals surface area contributed by atoms with Crippen LogP contribution in [-0.4, -0.2) is 43.8 Å². The first kappa shape index (κ1) is 22.9. The molecule has 1 heterocycles. The highest BCUT2D eigenvalue weighted by atomic mass is 32.2. The number of amides is 1. The van der Waals surface area contributed by atoms with Gasteiger partial charge in [-0.3, -0.25) is 10.1 Å². The number of ether oxygens (including phenoxy) is 1. The average Bonchev–Trinajstić information content (AvgIpc) is 3.22. The van der Waals surface area contributed by atoms with Crippen molar-refractivity contribution in [2.45, 2.75) is 25.7 Å². The SMILES string of the molecule is CCN(CC)S(=O)(=O)c1cccc(C(=O)Nc2nc(-c3cc(C)ccc3OC)cs2)c1. The summed E-state index contributed by atoms with van der Waals surface area (Å²) in [5, 5.41) is 5.01. The lowest BCUT2D eigenvalue weighted by Crippen LogP contribution is -2.30. The Labute approximate surface area is 186 Å². The van der Waals surface area contributed by atoms with E-state index in [0.29, 0.717) is 29.7 Å². The number of nitrogens with zero attached hydrogens (tertiary/aromatic N) is 2. The molecule has 0 fully saturated rings. The molecule has 7 nitrogen and oxygen atoms in total. The minimum Gasteiger partial charge on any atom is -0.496 e. The highest BCUT2D eigenvalue weighted by molar-refractivity contribution is 7.89. The molecule has 0 spiro atoms. The van der Waals surface area contributed by atoms with E-state index in [0.717, 1.165) is 11.1 Å². The van der Waals surface area contributed by atoms with Crippen LogP contribution in [0.1, 0.15) is 29.8 Å². The van der Waals surface area contributed by atoms with Crippen LogP contribution in [0.5, 0.6) is 5.75 Å². The molecule has 0 saturated carbocycles. The molecular formula is C22H25N3O4S2. The van der Waals surface area contributed by atoms with Gasteiger partial charge in [-0.1, -0.05) is 31.5 Å². The van der Waals surface area contributed by atoms with Crippen molar-refractivity contribution in [3.8, 4) is 17.0 Å². The van der Waals surface area contributed by atoms with Gasteiger partial charge in [-0.05, 0) is 37.3 Å². The second-order valence-corrected chi connectivity index (χ2v) is 9.61. The van der Waals surface area contributed by atoms with Crippen molar-refractivity contribution in [1.82, 2.24) is 9.29 Å². The molecule has 0 aliphatic heterocycles. The van der Waals surface area contributed by atoms with E-state index in [4.69, 9.17) is 4.74 Å². The van der Waals surface area contributed by atoms with E-state index in [2.05, 4.69) is 10.3 Å². The number of carbonyl (C=O) groups is 1. The number of hydrogen-bond donors (Lipinski definition) is 1. The van der Waals surface area contributed by atoms with Gasteiger partial charge >= 0.3 is 0 Å². The van der Waals surface area contributed by atoms with Gasteiger partial charge in [0, 0.05) is 29.6 Å². The molecule has 0 radical (unpaired) electrons. The summed E-state index contributed by atoms with van der Waals surface area (Å²) in [4.78, 5) is 17.3. The van der Waals surface area contributed by atoms with Gasteiger partial charge in [0.25, 0.3) is 5.91 Å². The number of nitrogens with one attached hydrogen (secondary N) is 1. The normalized spacial score (nSPS) is 11.5. The Morgan fingerprint density at radius 2 is 1.90 bits per heavy atom. The molecule has 31 heavy (non-hydrogen) atoms. The van der Waals surface area contributed by atoms with Crippen molar-refractivity contribution in [2.75, 3.05) is 25.5 Å². The fourth-order valence-corrected chi connectivity index (χ4v) is 5.37. The Hall–Kier alpha value is -2.75. The van der Waals surface area contributed by atoms with Crippen LogP contribution < -0.4 is 10.1 Å². The first-order valence-corrected chi connectivity index (χ1v) is 12.1. The van der Waals surface area contributed by atoms with E-state index in [1.165, 1.54) is 27.8 Å². The highest BCUT2D eigenvalue weighted by Gasteiger charge is 2.23. The molecule has 3 aromatic rings. The van der Waals surface area contributed by atoms with Crippen LogP contribution in [0.4, 0.5) is 5.13 Å². The van der Waals surface area contributed by atoms with Crippen LogP contribution in [0.2, 0.25) is 0 Å². The number of anilines is 1. The number of rotatable bonds is 8. The maximum absolute atomic E-state index is 12.7. The van der Waals surface area contributed by atoms with E-state index in [-0.39, 0.29) is 10.5 Å². The molecule has 0 bridgehead atoms. The molecule has 9 heteroatoms. The van der Waals surface area contributed by atoms with E-state index >= 15 is 0 Å². The summed E-state index contributed by atoms with van der Waals surface area (Å²) in [5.41, 5.74) is 2.85. The lowest BCUT2D eigenvalue weighted by Gasteiger charge is -2.18.